The first-order chi connectivity index (χ1) is 15.7. The average Bonchev–Trinajstić information content (AvgIpc) is 2.86. The van der Waals surface area contributed by atoms with Crippen molar-refractivity contribution in [1.29, 1.82) is 0 Å². The number of nitrogens with zero attached hydrogens (tertiary/aromatic N) is 2. The number of ether oxygens (including phenoxy) is 2. The molecule has 0 atom stereocenters. The highest BCUT2D eigenvalue weighted by Gasteiger charge is 2.32. The molecule has 0 saturated heterocycles. The number of aromatic nitrogens is 2. The number of para-hydroxylation sites is 2. The topological polar surface area (TPSA) is 61.3 Å². The van der Waals surface area contributed by atoms with Crippen LogP contribution in [0.25, 0.3) is 11.0 Å². The van der Waals surface area contributed by atoms with Crippen LogP contribution in [0.15, 0.2) is 103 Å². The Balaban J connectivity index is 1.49. The zero-order valence-electron chi connectivity index (χ0n) is 16.9. The van der Waals surface area contributed by atoms with Gasteiger partial charge in [0.05, 0.1) is 11.0 Å². The quantitative estimate of drug-likeness (QED) is 0.358. The van der Waals surface area contributed by atoms with Gasteiger partial charge in [0.1, 0.15) is 0 Å². The molecule has 0 spiro atoms. The van der Waals surface area contributed by atoms with E-state index >= 15 is 0 Å². The molecule has 0 N–H and O–H groups in total. The van der Waals surface area contributed by atoms with Gasteiger partial charge in [0.25, 0.3) is 11.8 Å². The van der Waals surface area contributed by atoms with Crippen molar-refractivity contribution >= 4 is 34.1 Å². The largest absolute Gasteiger partial charge is 0.431 e. The lowest BCUT2D eigenvalue weighted by atomic mass is 10.3. The molecule has 0 bridgehead atoms. The van der Waals surface area contributed by atoms with E-state index in [2.05, 4.69) is 9.97 Å². The van der Waals surface area contributed by atoms with E-state index in [-0.39, 0.29) is 0 Å². The zero-order chi connectivity index (χ0) is 21.5. The Labute approximate surface area is 184 Å². The molecular weight excluding hydrogens is 419 g/mol. The molecule has 0 unspecified atom stereocenters. The second-order valence-electron chi connectivity index (χ2n) is 7.44. The summed E-state index contributed by atoms with van der Waals surface area (Å²) in [6.45, 7) is 0. The van der Waals surface area contributed by atoms with E-state index in [1.165, 1.54) is 0 Å². The number of hydrogen-bond donors (Lipinski definition) is 0. The van der Waals surface area contributed by atoms with E-state index in [1.54, 1.807) is 12.1 Å². The predicted molar refractivity (Wildman–Crippen MR) is 126 cm³/mol. The second kappa shape index (κ2) is 7.33. The molecule has 1 aromatic heterocycles. The Kier molecular flexibility index (Phi) is 4.30. The Morgan fingerprint density at radius 2 is 1.03 bits per heavy atom. The maximum atomic E-state index is 14.6. The predicted octanol–water partition coefficient (Wildman–Crippen LogP) is 5.17. The minimum Gasteiger partial charge on any atom is -0.431 e. The van der Waals surface area contributed by atoms with Crippen LogP contribution in [0.3, 0.4) is 0 Å². The van der Waals surface area contributed by atoms with Gasteiger partial charge in [0, 0.05) is 15.9 Å². The fourth-order valence-corrected chi connectivity index (χ4v) is 6.55. The molecule has 5 nitrogen and oxygen atoms in total. The summed E-state index contributed by atoms with van der Waals surface area (Å²) in [5.41, 5.74) is 1.45. The smallest absolute Gasteiger partial charge is 0.284 e. The highest BCUT2D eigenvalue weighted by atomic mass is 31.2. The molecule has 5 aromatic rings. The van der Waals surface area contributed by atoms with Crippen LogP contribution >= 0.6 is 7.14 Å². The average molecular weight is 436 g/mol. The number of fused-ring (bicyclic) bond motifs is 3. The van der Waals surface area contributed by atoms with Crippen LogP contribution in [-0.2, 0) is 4.57 Å². The summed E-state index contributed by atoms with van der Waals surface area (Å²) in [7, 11) is -3.12. The third-order valence-electron chi connectivity index (χ3n) is 5.45. The lowest BCUT2D eigenvalue weighted by Crippen LogP contribution is -2.25. The molecule has 0 saturated carbocycles. The van der Waals surface area contributed by atoms with Gasteiger partial charge in [0.15, 0.2) is 18.6 Å². The summed E-state index contributed by atoms with van der Waals surface area (Å²) in [6.07, 6.45) is 0. The van der Waals surface area contributed by atoms with Crippen molar-refractivity contribution in [3.63, 3.8) is 0 Å². The fraction of sp³-hybridized carbons (Fsp3) is 0. The summed E-state index contributed by atoms with van der Waals surface area (Å²) < 4.78 is 26.6. The lowest BCUT2D eigenvalue weighted by Gasteiger charge is -2.23. The molecule has 0 amide bonds. The minimum absolute atomic E-state index is 0.294. The first kappa shape index (κ1) is 18.8. The van der Waals surface area contributed by atoms with E-state index in [0.29, 0.717) is 34.1 Å². The minimum atomic E-state index is -3.12. The summed E-state index contributed by atoms with van der Waals surface area (Å²) in [4.78, 5) is 9.06. The third-order valence-corrected chi connectivity index (χ3v) is 8.51. The van der Waals surface area contributed by atoms with Crippen molar-refractivity contribution in [1.82, 2.24) is 9.97 Å². The summed E-state index contributed by atoms with van der Waals surface area (Å²) in [5, 5.41) is 2.18. The normalized spacial score (nSPS) is 12.4. The van der Waals surface area contributed by atoms with Gasteiger partial charge >= 0.3 is 0 Å². The van der Waals surface area contributed by atoms with Crippen molar-refractivity contribution < 1.29 is 14.0 Å². The van der Waals surface area contributed by atoms with Crippen molar-refractivity contribution in [3.05, 3.63) is 103 Å². The van der Waals surface area contributed by atoms with E-state index in [4.69, 9.17) is 9.47 Å². The van der Waals surface area contributed by atoms with Crippen molar-refractivity contribution in [2.75, 3.05) is 0 Å². The molecule has 6 rings (SSSR count). The first-order valence-corrected chi connectivity index (χ1v) is 11.9. The van der Waals surface area contributed by atoms with Crippen molar-refractivity contribution in [2.24, 2.45) is 0 Å². The van der Waals surface area contributed by atoms with Crippen molar-refractivity contribution in [2.45, 2.75) is 0 Å². The van der Waals surface area contributed by atoms with Gasteiger partial charge < -0.3 is 14.0 Å². The van der Waals surface area contributed by atoms with Gasteiger partial charge in [-0.05, 0) is 30.3 Å². The lowest BCUT2D eigenvalue weighted by molar-refractivity contribution is 0.339. The fourth-order valence-electron chi connectivity index (χ4n) is 3.89. The Morgan fingerprint density at radius 1 is 0.531 bits per heavy atom. The van der Waals surface area contributed by atoms with Gasteiger partial charge in [-0.3, -0.25) is 0 Å². The van der Waals surface area contributed by atoms with E-state index in [9.17, 15) is 4.57 Å². The highest BCUT2D eigenvalue weighted by Crippen LogP contribution is 2.48. The highest BCUT2D eigenvalue weighted by molar-refractivity contribution is 7.85. The SMILES string of the molecule is O=P(c1ccccc1)(c1ccccc1)c1ccc2c(c1)Oc1nc3ccccc3nc1O2. The molecule has 154 valence electrons. The Morgan fingerprint density at radius 3 is 1.59 bits per heavy atom. The van der Waals surface area contributed by atoms with Crippen LogP contribution in [-0.4, -0.2) is 9.97 Å². The third kappa shape index (κ3) is 2.98. The number of rotatable bonds is 3. The Bertz CT molecular complexity index is 1460. The summed E-state index contributed by atoms with van der Waals surface area (Å²) in [6, 6.07) is 32.0. The second-order valence-corrected chi connectivity index (χ2v) is 10.2. The molecule has 0 aliphatic carbocycles. The molecule has 1 aliphatic rings. The zero-order valence-corrected chi connectivity index (χ0v) is 17.8. The number of hydrogen-bond acceptors (Lipinski definition) is 5. The standard InChI is InChI=1S/C26H17N2O3P/c29-32(18-9-3-1-4-10-18,19-11-5-2-6-12-19)20-15-16-23-24(17-20)31-26-25(30-23)27-21-13-7-8-14-22(21)28-26/h1-17H. The molecule has 1 aliphatic heterocycles. The van der Waals surface area contributed by atoms with E-state index in [1.807, 2.05) is 91.0 Å². The monoisotopic (exact) mass is 436 g/mol. The summed E-state index contributed by atoms with van der Waals surface area (Å²) in [5.74, 6) is 1.59. The van der Waals surface area contributed by atoms with Crippen LogP contribution in [0.2, 0.25) is 0 Å². The van der Waals surface area contributed by atoms with Crippen LogP contribution in [0.4, 0.5) is 0 Å². The van der Waals surface area contributed by atoms with E-state index in [0.717, 1.165) is 16.1 Å². The molecule has 2 heterocycles. The molecule has 4 aromatic carbocycles. The van der Waals surface area contributed by atoms with Gasteiger partial charge in [0.2, 0.25) is 0 Å². The van der Waals surface area contributed by atoms with Gasteiger partial charge in [-0.2, -0.15) is 0 Å². The molecule has 32 heavy (non-hydrogen) atoms. The molecular formula is C26H17N2O3P. The van der Waals surface area contributed by atoms with Crippen LogP contribution < -0.4 is 25.4 Å². The molecule has 6 heteroatoms. The maximum Gasteiger partial charge on any atom is 0.284 e. The van der Waals surface area contributed by atoms with Crippen LogP contribution in [0.1, 0.15) is 0 Å². The summed E-state index contributed by atoms with van der Waals surface area (Å²) >= 11 is 0. The number of benzene rings is 4. The van der Waals surface area contributed by atoms with Gasteiger partial charge in [-0.15, -0.1) is 0 Å². The first-order valence-electron chi connectivity index (χ1n) is 10.2. The van der Waals surface area contributed by atoms with Gasteiger partial charge in [-0.25, -0.2) is 9.97 Å². The Hall–Kier alpha value is -3.95. The van der Waals surface area contributed by atoms with Crippen LogP contribution in [0.5, 0.6) is 23.3 Å². The van der Waals surface area contributed by atoms with E-state index < -0.39 is 7.14 Å². The van der Waals surface area contributed by atoms with Crippen LogP contribution in [0, 0.1) is 0 Å². The molecule has 0 radical (unpaired) electrons. The van der Waals surface area contributed by atoms with Gasteiger partial charge in [-0.1, -0.05) is 72.8 Å². The maximum absolute atomic E-state index is 14.6. The molecule has 0 fully saturated rings. The van der Waals surface area contributed by atoms with Crippen molar-refractivity contribution in [3.8, 4) is 23.3 Å².